The molecule has 1 aromatic heterocycles. The number of phenols is 1. The van der Waals surface area contributed by atoms with Crippen LogP contribution in [0.4, 0.5) is 4.39 Å². The summed E-state index contributed by atoms with van der Waals surface area (Å²) in [6, 6.07) is 16.1. The van der Waals surface area contributed by atoms with E-state index in [1.807, 2.05) is 4.57 Å². The molecule has 1 fully saturated rings. The minimum Gasteiger partial charge on any atom is -0.507 e. The number of carboxylic acids is 1. The Morgan fingerprint density at radius 2 is 1.76 bits per heavy atom. The molecule has 0 radical (unpaired) electrons. The Bertz CT molecular complexity index is 1360. The summed E-state index contributed by atoms with van der Waals surface area (Å²) in [6.07, 6.45) is 1.46. The number of hydrogen-bond donors (Lipinski definition) is 2. The first kappa shape index (κ1) is 21.5. The Kier molecular flexibility index (Phi) is 5.56. The van der Waals surface area contributed by atoms with Gasteiger partial charge in [-0.05, 0) is 60.9 Å². The van der Waals surface area contributed by atoms with Crippen LogP contribution in [0.2, 0.25) is 5.02 Å². The fourth-order valence-electron chi connectivity index (χ4n) is 4.77. The third-order valence-corrected chi connectivity index (χ3v) is 6.39. The van der Waals surface area contributed by atoms with Crippen molar-refractivity contribution in [2.24, 2.45) is 0 Å². The van der Waals surface area contributed by atoms with Gasteiger partial charge in [-0.1, -0.05) is 29.8 Å². The van der Waals surface area contributed by atoms with Crippen molar-refractivity contribution in [1.29, 1.82) is 0 Å². The maximum Gasteiger partial charge on any atom is 0.336 e. The zero-order valence-corrected chi connectivity index (χ0v) is 18.3. The highest BCUT2D eigenvalue weighted by atomic mass is 35.5. The predicted molar refractivity (Wildman–Crippen MR) is 125 cm³/mol. The Morgan fingerprint density at radius 1 is 1.06 bits per heavy atom. The Hall–Kier alpha value is -3.35. The molecule has 1 aliphatic rings. The van der Waals surface area contributed by atoms with E-state index in [0.29, 0.717) is 46.0 Å². The smallest absolute Gasteiger partial charge is 0.336 e. The molecular formula is C26H21ClFNO4. The number of aromatic nitrogens is 1. The second-order valence-electron chi connectivity index (χ2n) is 8.13. The van der Waals surface area contributed by atoms with Crippen LogP contribution in [0.1, 0.15) is 34.8 Å². The van der Waals surface area contributed by atoms with E-state index in [-0.39, 0.29) is 23.0 Å². The summed E-state index contributed by atoms with van der Waals surface area (Å²) in [5, 5.41) is 21.8. The number of aromatic hydroxyl groups is 1. The second-order valence-corrected chi connectivity index (χ2v) is 8.56. The van der Waals surface area contributed by atoms with Crippen LogP contribution in [-0.4, -0.2) is 34.0 Å². The molecule has 4 aromatic rings. The van der Waals surface area contributed by atoms with E-state index in [0.717, 1.165) is 18.5 Å². The number of ether oxygens (including phenoxy) is 1. The molecule has 0 spiro atoms. The number of carbonyl (C=O) groups is 1. The topological polar surface area (TPSA) is 71.7 Å². The van der Waals surface area contributed by atoms with Crippen molar-refractivity contribution in [2.45, 2.75) is 18.8 Å². The number of benzene rings is 3. The molecule has 0 bridgehead atoms. The predicted octanol–water partition coefficient (Wildman–Crippen LogP) is 6.39. The van der Waals surface area contributed by atoms with Gasteiger partial charge in [0.1, 0.15) is 11.6 Å². The summed E-state index contributed by atoms with van der Waals surface area (Å²) >= 11 is 6.34. The average Bonchev–Trinajstić information content (AvgIpc) is 3.15. The van der Waals surface area contributed by atoms with Gasteiger partial charge in [0.05, 0.1) is 16.5 Å². The number of fused-ring (bicyclic) bond motifs is 1. The Labute approximate surface area is 194 Å². The minimum atomic E-state index is -1.06. The summed E-state index contributed by atoms with van der Waals surface area (Å²) in [7, 11) is 0. The van der Waals surface area contributed by atoms with E-state index in [2.05, 4.69) is 0 Å². The fraction of sp³-hybridized carbons (Fsp3) is 0.192. The van der Waals surface area contributed by atoms with Crippen LogP contribution in [0.25, 0.3) is 27.7 Å². The van der Waals surface area contributed by atoms with Crippen LogP contribution in [-0.2, 0) is 4.74 Å². The van der Waals surface area contributed by atoms with Crippen LogP contribution in [0.15, 0.2) is 60.7 Å². The Balaban J connectivity index is 1.95. The molecule has 0 saturated carbocycles. The maximum atomic E-state index is 13.8. The molecule has 1 aliphatic heterocycles. The second kappa shape index (κ2) is 8.54. The molecule has 33 heavy (non-hydrogen) atoms. The number of carboxylic acid groups (broad SMARTS) is 1. The number of aromatic carboxylic acids is 1. The summed E-state index contributed by atoms with van der Waals surface area (Å²) in [6.45, 7) is 1.14. The average molecular weight is 466 g/mol. The summed E-state index contributed by atoms with van der Waals surface area (Å²) < 4.78 is 21.3. The summed E-state index contributed by atoms with van der Waals surface area (Å²) in [4.78, 5) is 12.1. The normalized spacial score (nSPS) is 14.6. The lowest BCUT2D eigenvalue weighted by atomic mass is 9.88. The molecule has 7 heteroatoms. The maximum absolute atomic E-state index is 13.8. The van der Waals surface area contributed by atoms with Gasteiger partial charge < -0.3 is 19.5 Å². The van der Waals surface area contributed by atoms with Crippen LogP contribution in [0.3, 0.4) is 0 Å². The first-order valence-corrected chi connectivity index (χ1v) is 11.1. The molecule has 1 saturated heterocycles. The van der Waals surface area contributed by atoms with Crippen molar-refractivity contribution in [1.82, 2.24) is 4.57 Å². The van der Waals surface area contributed by atoms with Crippen molar-refractivity contribution < 1.29 is 24.1 Å². The van der Waals surface area contributed by atoms with E-state index in [1.54, 1.807) is 42.5 Å². The van der Waals surface area contributed by atoms with Gasteiger partial charge in [0.25, 0.3) is 0 Å². The lowest BCUT2D eigenvalue weighted by Crippen LogP contribution is -2.17. The van der Waals surface area contributed by atoms with Gasteiger partial charge in [-0.25, -0.2) is 9.18 Å². The lowest BCUT2D eigenvalue weighted by molar-refractivity contribution is 0.0697. The standard InChI is InChI=1S/C26H21ClFNO4/c27-16-13-21-24(22(30)14-16)23(19-3-1-2-4-20(19)26(31)32)25(15-9-11-33-12-10-15)29(21)18-7-5-17(28)6-8-18/h1-8,13-15,30H,9-12H2,(H,31,32). The molecule has 0 amide bonds. The van der Waals surface area contributed by atoms with Crippen LogP contribution in [0.5, 0.6) is 5.75 Å². The molecule has 5 rings (SSSR count). The molecule has 0 atom stereocenters. The van der Waals surface area contributed by atoms with Crippen LogP contribution >= 0.6 is 11.6 Å². The van der Waals surface area contributed by atoms with Crippen molar-refractivity contribution in [3.63, 3.8) is 0 Å². The summed E-state index contributed by atoms with van der Waals surface area (Å²) in [5.74, 6) is -1.42. The van der Waals surface area contributed by atoms with Crippen molar-refractivity contribution >= 4 is 28.5 Å². The molecule has 0 unspecified atom stereocenters. The first-order valence-electron chi connectivity index (χ1n) is 10.7. The number of hydrogen-bond acceptors (Lipinski definition) is 3. The van der Waals surface area contributed by atoms with Crippen LogP contribution < -0.4 is 0 Å². The van der Waals surface area contributed by atoms with E-state index in [9.17, 15) is 19.4 Å². The molecule has 3 aromatic carbocycles. The van der Waals surface area contributed by atoms with Gasteiger partial charge >= 0.3 is 5.97 Å². The highest BCUT2D eigenvalue weighted by molar-refractivity contribution is 6.32. The quantitative estimate of drug-likeness (QED) is 0.366. The van der Waals surface area contributed by atoms with Crippen molar-refractivity contribution in [2.75, 3.05) is 13.2 Å². The zero-order chi connectivity index (χ0) is 23.1. The fourth-order valence-corrected chi connectivity index (χ4v) is 4.97. The molecule has 0 aliphatic carbocycles. The highest BCUT2D eigenvalue weighted by Gasteiger charge is 2.31. The zero-order valence-electron chi connectivity index (χ0n) is 17.6. The molecule has 5 nitrogen and oxygen atoms in total. The number of halogens is 2. The van der Waals surface area contributed by atoms with E-state index in [4.69, 9.17) is 16.3 Å². The van der Waals surface area contributed by atoms with Gasteiger partial charge in [-0.15, -0.1) is 0 Å². The minimum absolute atomic E-state index is 0.0335. The number of phenolic OH excluding ortho intramolecular Hbond substituents is 1. The van der Waals surface area contributed by atoms with E-state index >= 15 is 0 Å². The summed E-state index contributed by atoms with van der Waals surface area (Å²) in [5.41, 5.74) is 3.47. The highest BCUT2D eigenvalue weighted by Crippen LogP contribution is 2.48. The molecular weight excluding hydrogens is 445 g/mol. The number of nitrogens with zero attached hydrogens (tertiary/aromatic N) is 1. The first-order chi connectivity index (χ1) is 16.0. The van der Waals surface area contributed by atoms with Gasteiger partial charge in [0.15, 0.2) is 0 Å². The SMILES string of the molecule is O=C(O)c1ccccc1-c1c(C2CCOCC2)n(-c2ccc(F)cc2)c2cc(Cl)cc(O)c12. The van der Waals surface area contributed by atoms with Gasteiger partial charge in [0, 0.05) is 41.1 Å². The van der Waals surface area contributed by atoms with Crippen molar-refractivity contribution in [3.05, 3.63) is 82.8 Å². The van der Waals surface area contributed by atoms with Crippen molar-refractivity contribution in [3.8, 4) is 22.6 Å². The third kappa shape index (κ3) is 3.75. The van der Waals surface area contributed by atoms with E-state index in [1.165, 1.54) is 18.2 Å². The van der Waals surface area contributed by atoms with Crippen LogP contribution in [0, 0.1) is 5.82 Å². The molecule has 2 heterocycles. The molecule has 168 valence electrons. The molecule has 2 N–H and O–H groups in total. The Morgan fingerprint density at radius 3 is 2.45 bits per heavy atom. The van der Waals surface area contributed by atoms with E-state index < -0.39 is 5.97 Å². The van der Waals surface area contributed by atoms with Gasteiger partial charge in [-0.2, -0.15) is 0 Å². The van der Waals surface area contributed by atoms with Gasteiger partial charge in [-0.3, -0.25) is 0 Å². The third-order valence-electron chi connectivity index (χ3n) is 6.17. The number of rotatable bonds is 4. The van der Waals surface area contributed by atoms with Gasteiger partial charge in [0.2, 0.25) is 0 Å². The monoisotopic (exact) mass is 465 g/mol. The lowest BCUT2D eigenvalue weighted by Gasteiger charge is -2.26. The largest absolute Gasteiger partial charge is 0.507 e.